The highest BCUT2D eigenvalue weighted by molar-refractivity contribution is 7.91. The van der Waals surface area contributed by atoms with E-state index in [0.29, 0.717) is 29.7 Å². The number of likely N-dealkylation sites (tertiary alicyclic amines) is 1. The Kier molecular flexibility index (Phi) is 9.46. The molecular weight excluding hydrogens is 526 g/mol. The average molecular weight is 560 g/mol. The Morgan fingerprint density at radius 2 is 1.64 bits per heavy atom. The normalized spacial score (nSPS) is 16.3. The summed E-state index contributed by atoms with van der Waals surface area (Å²) in [4.78, 5) is 37.7. The van der Waals surface area contributed by atoms with Crippen molar-refractivity contribution < 1.29 is 37.3 Å². The summed E-state index contributed by atoms with van der Waals surface area (Å²) in [6, 6.07) is 13.0. The molecule has 1 amide bonds. The Morgan fingerprint density at radius 3 is 2.15 bits per heavy atom. The monoisotopic (exact) mass is 559 g/mol. The van der Waals surface area contributed by atoms with Crippen LogP contribution < -0.4 is 5.11 Å². The van der Waals surface area contributed by atoms with E-state index in [9.17, 15) is 33.2 Å². The number of nitro benzene ring substituents is 1. The Morgan fingerprint density at radius 1 is 1.05 bits per heavy atom. The molecule has 0 radical (unpaired) electrons. The molecule has 0 bridgehead atoms. The van der Waals surface area contributed by atoms with Crippen LogP contribution in [-0.4, -0.2) is 66.2 Å². The molecule has 1 aliphatic heterocycles. The second kappa shape index (κ2) is 12.4. The lowest BCUT2D eigenvalue weighted by molar-refractivity contribution is -0.958. The number of hydrogen-bond donors (Lipinski definition) is 0. The predicted octanol–water partition coefficient (Wildman–Crippen LogP) is 2.51. The van der Waals surface area contributed by atoms with Crippen LogP contribution in [0.1, 0.15) is 39.2 Å². The van der Waals surface area contributed by atoms with Crippen molar-refractivity contribution in [2.75, 3.05) is 25.4 Å². The first-order valence-corrected chi connectivity index (χ1v) is 14.4. The minimum absolute atomic E-state index is 0.0524. The van der Waals surface area contributed by atoms with Crippen molar-refractivity contribution in [2.45, 2.75) is 51.3 Å². The van der Waals surface area contributed by atoms with Crippen molar-refractivity contribution >= 4 is 27.4 Å². The van der Waals surface area contributed by atoms with E-state index in [1.165, 1.54) is 41.3 Å². The largest absolute Gasteiger partial charge is 0.874 e. The van der Waals surface area contributed by atoms with Crippen LogP contribution in [0, 0.1) is 10.1 Å². The van der Waals surface area contributed by atoms with E-state index in [1.54, 1.807) is 18.2 Å². The third-order valence-corrected chi connectivity index (χ3v) is 9.09. The number of allylic oxidation sites excluding steroid dienone is 1. The maximum absolute atomic E-state index is 13.4. The minimum Gasteiger partial charge on any atom is -0.874 e. The first kappa shape index (κ1) is 29.8. The number of ether oxygens (including phenoxy) is 1. The van der Waals surface area contributed by atoms with Gasteiger partial charge in [0.15, 0.2) is 16.0 Å². The molecule has 3 rings (SSSR count). The second-order valence-corrected chi connectivity index (χ2v) is 11.4. The molecular formula is C27H33N3O8S. The average Bonchev–Trinajstić information content (AvgIpc) is 2.94. The van der Waals surface area contributed by atoms with Gasteiger partial charge in [0.05, 0.1) is 35.2 Å². The van der Waals surface area contributed by atoms with Crippen molar-refractivity contribution in [2.24, 2.45) is 0 Å². The smallest absolute Gasteiger partial charge is 0.354 e. The van der Waals surface area contributed by atoms with Gasteiger partial charge in [0.2, 0.25) is 5.91 Å². The van der Waals surface area contributed by atoms with Crippen LogP contribution in [0.2, 0.25) is 0 Å². The molecule has 0 saturated carbocycles. The van der Waals surface area contributed by atoms with Crippen LogP contribution in [0.5, 0.6) is 0 Å². The van der Waals surface area contributed by atoms with Gasteiger partial charge in [-0.25, -0.2) is 13.2 Å². The predicted molar refractivity (Wildman–Crippen MR) is 140 cm³/mol. The van der Waals surface area contributed by atoms with Crippen LogP contribution in [0.25, 0.3) is 0 Å². The number of nitro groups is 1. The van der Waals surface area contributed by atoms with E-state index in [4.69, 9.17) is 4.74 Å². The third-order valence-electron chi connectivity index (χ3n) is 7.36. The molecule has 0 aromatic heterocycles. The fourth-order valence-electron chi connectivity index (χ4n) is 4.78. The highest BCUT2D eigenvalue weighted by atomic mass is 32.2. The Bertz CT molecular complexity index is 1330. The highest BCUT2D eigenvalue weighted by Gasteiger charge is 2.52. The number of carbonyl (C=O) groups is 2. The summed E-state index contributed by atoms with van der Waals surface area (Å²) < 4.78 is 31.4. The molecule has 1 saturated heterocycles. The second-order valence-electron chi connectivity index (χ2n) is 9.27. The van der Waals surface area contributed by atoms with Crippen molar-refractivity contribution in [1.82, 2.24) is 4.90 Å². The first-order valence-electron chi connectivity index (χ1n) is 12.8. The summed E-state index contributed by atoms with van der Waals surface area (Å²) in [5, 5.41) is 24.3. The fraction of sp³-hybridized carbons (Fsp3) is 0.407. The molecule has 0 N–H and O–H groups in total. The molecule has 2 aromatic rings. The standard InChI is InChI=1S/C27H33N3O8S/c1-4-30(5-2,6-3)24-18-25(32)28(24)26(23(31)16-17-39(36,37)22-10-8-7-9-11-22)27(33)38-19-20-12-14-21(15-13-20)29(34)35/h7-15,24H,4-6,16-19H2,1-3H3. The molecule has 210 valence electrons. The number of hydrogen-bond acceptors (Lipinski definition) is 8. The number of esters is 1. The summed E-state index contributed by atoms with van der Waals surface area (Å²) in [5.41, 5.74) is -0.173. The zero-order valence-electron chi connectivity index (χ0n) is 22.2. The lowest BCUT2D eigenvalue weighted by atomic mass is 10.0. The lowest BCUT2D eigenvalue weighted by Crippen LogP contribution is -2.70. The molecule has 1 atom stereocenters. The van der Waals surface area contributed by atoms with Gasteiger partial charge in [-0.05, 0) is 57.0 Å². The van der Waals surface area contributed by atoms with Gasteiger partial charge in [-0.1, -0.05) is 24.0 Å². The fourth-order valence-corrected chi connectivity index (χ4v) is 6.05. The number of amides is 1. The number of benzene rings is 2. The number of quaternary nitrogens is 1. The molecule has 39 heavy (non-hydrogen) atoms. The van der Waals surface area contributed by atoms with E-state index >= 15 is 0 Å². The van der Waals surface area contributed by atoms with E-state index in [0.717, 1.165) is 0 Å². The lowest BCUT2D eigenvalue weighted by Gasteiger charge is -2.53. The van der Waals surface area contributed by atoms with Crippen LogP contribution in [-0.2, 0) is 30.8 Å². The van der Waals surface area contributed by atoms with E-state index in [-0.39, 0.29) is 23.6 Å². The number of β-lactam (4-membered cyclic amide) rings is 1. The van der Waals surface area contributed by atoms with Crippen molar-refractivity contribution in [3.8, 4) is 0 Å². The van der Waals surface area contributed by atoms with Crippen LogP contribution in [0.4, 0.5) is 5.69 Å². The summed E-state index contributed by atoms with van der Waals surface area (Å²) in [5.74, 6) is -2.81. The maximum Gasteiger partial charge on any atom is 0.354 e. The number of sulfone groups is 1. The van der Waals surface area contributed by atoms with Gasteiger partial charge in [0.1, 0.15) is 18.7 Å². The zero-order chi connectivity index (χ0) is 28.8. The zero-order valence-corrected chi connectivity index (χ0v) is 23.1. The Labute approximate surface area is 228 Å². The summed E-state index contributed by atoms with van der Waals surface area (Å²) in [6.07, 6.45) is -0.835. The molecule has 2 aromatic carbocycles. The number of nitrogens with zero attached hydrogens (tertiary/aromatic N) is 3. The summed E-state index contributed by atoms with van der Waals surface area (Å²) >= 11 is 0. The van der Waals surface area contributed by atoms with Gasteiger partial charge in [-0.15, -0.1) is 0 Å². The highest BCUT2D eigenvalue weighted by Crippen LogP contribution is 2.34. The van der Waals surface area contributed by atoms with Crippen molar-refractivity contribution in [3.63, 3.8) is 0 Å². The van der Waals surface area contributed by atoms with E-state index < -0.39 is 56.4 Å². The molecule has 0 spiro atoms. The van der Waals surface area contributed by atoms with Gasteiger partial charge >= 0.3 is 5.97 Å². The van der Waals surface area contributed by atoms with Crippen LogP contribution in [0.15, 0.2) is 70.9 Å². The molecule has 1 fully saturated rings. The molecule has 1 aliphatic rings. The molecule has 0 aliphatic carbocycles. The molecule has 1 heterocycles. The summed E-state index contributed by atoms with van der Waals surface area (Å²) in [7, 11) is -3.81. The Hall–Kier alpha value is -3.77. The van der Waals surface area contributed by atoms with Crippen molar-refractivity contribution in [3.05, 3.63) is 81.7 Å². The van der Waals surface area contributed by atoms with Gasteiger partial charge in [-0.3, -0.25) is 19.8 Å². The van der Waals surface area contributed by atoms with Crippen LogP contribution >= 0.6 is 0 Å². The van der Waals surface area contributed by atoms with E-state index in [2.05, 4.69) is 0 Å². The summed E-state index contributed by atoms with van der Waals surface area (Å²) in [6.45, 7) is 7.58. The number of non-ortho nitro benzene ring substituents is 1. The maximum atomic E-state index is 13.4. The quantitative estimate of drug-likeness (QED) is 0.0692. The van der Waals surface area contributed by atoms with Gasteiger partial charge < -0.3 is 14.3 Å². The minimum atomic E-state index is -3.81. The first-order chi connectivity index (χ1) is 18.5. The van der Waals surface area contributed by atoms with E-state index in [1.807, 2.05) is 20.8 Å². The van der Waals surface area contributed by atoms with Gasteiger partial charge in [0.25, 0.3) is 5.69 Å². The van der Waals surface area contributed by atoms with Gasteiger partial charge in [-0.2, -0.15) is 0 Å². The SMILES string of the molecule is CC[N+](CC)(CC)C1CC(=O)N1/C(C(=O)OCc1ccc([N+](=O)[O-])cc1)=C(\[O-])CCS(=O)(=O)c1ccccc1. The Balaban J connectivity index is 1.92. The molecule has 11 nitrogen and oxygen atoms in total. The topological polar surface area (TPSA) is 147 Å². The van der Waals surface area contributed by atoms with Crippen LogP contribution in [0.3, 0.4) is 0 Å². The molecule has 1 unspecified atom stereocenters. The molecule has 12 heteroatoms. The van der Waals surface area contributed by atoms with Crippen molar-refractivity contribution in [1.29, 1.82) is 0 Å². The number of carbonyl (C=O) groups excluding carboxylic acids is 2. The van der Waals surface area contributed by atoms with Gasteiger partial charge in [0, 0.05) is 12.1 Å². The third kappa shape index (κ3) is 6.45. The number of rotatable bonds is 13.